The molecule has 0 heterocycles. The van der Waals surface area contributed by atoms with E-state index >= 15 is 0 Å². The van der Waals surface area contributed by atoms with Crippen LogP contribution in [0.15, 0.2) is 48.5 Å². The molecule has 0 fully saturated rings. The highest BCUT2D eigenvalue weighted by Gasteiger charge is 2.25. The highest BCUT2D eigenvalue weighted by molar-refractivity contribution is 7.99. The molecule has 0 radical (unpaired) electrons. The molecule has 0 aromatic heterocycles. The van der Waals surface area contributed by atoms with E-state index in [1.165, 1.54) is 11.8 Å². The van der Waals surface area contributed by atoms with E-state index in [2.05, 4.69) is 5.32 Å². The fourth-order valence-electron chi connectivity index (χ4n) is 2.50. The molecule has 0 aliphatic heterocycles. The number of likely N-dealkylation sites (N-methyl/N-ethyl adjacent to an activating group) is 1. The Kier molecular flexibility index (Phi) is 8.48. The lowest BCUT2D eigenvalue weighted by molar-refractivity contribution is -0.138. The van der Waals surface area contributed by atoms with Gasteiger partial charge in [-0.1, -0.05) is 47.5 Å². The Morgan fingerprint density at radius 1 is 1.00 bits per heavy atom. The standard InChI is InChI=1S/C20H22Cl2N2O2S/c1-14(20(26)23-2)24(11-15-3-7-17(21)8-4-15)19(25)13-27-12-16-5-9-18(22)10-6-16/h3-10,14H,11-13H2,1-2H3,(H,23,26)/t14-/m0/s1. The third-order valence-corrected chi connectivity index (χ3v) is 5.58. The minimum absolute atomic E-state index is 0.0833. The Labute approximate surface area is 174 Å². The normalized spacial score (nSPS) is 11.7. The number of rotatable bonds is 8. The van der Waals surface area contributed by atoms with Crippen molar-refractivity contribution in [2.45, 2.75) is 25.3 Å². The monoisotopic (exact) mass is 424 g/mol. The second-order valence-corrected chi connectivity index (χ2v) is 7.92. The summed E-state index contributed by atoms with van der Waals surface area (Å²) in [6.45, 7) is 2.09. The number of benzene rings is 2. The highest BCUT2D eigenvalue weighted by atomic mass is 35.5. The number of carbonyl (C=O) groups is 2. The molecule has 1 atom stereocenters. The minimum atomic E-state index is -0.561. The first-order chi connectivity index (χ1) is 12.9. The maximum Gasteiger partial charge on any atom is 0.242 e. The van der Waals surface area contributed by atoms with Crippen molar-refractivity contribution in [2.24, 2.45) is 0 Å². The van der Waals surface area contributed by atoms with Gasteiger partial charge in [0.1, 0.15) is 6.04 Å². The molecule has 4 nitrogen and oxygen atoms in total. The first-order valence-corrected chi connectivity index (χ1v) is 10.4. The van der Waals surface area contributed by atoms with Crippen LogP contribution in [0.25, 0.3) is 0 Å². The maximum atomic E-state index is 12.8. The number of hydrogen-bond acceptors (Lipinski definition) is 3. The topological polar surface area (TPSA) is 49.4 Å². The minimum Gasteiger partial charge on any atom is -0.357 e. The lowest BCUT2D eigenvalue weighted by Crippen LogP contribution is -2.47. The first-order valence-electron chi connectivity index (χ1n) is 8.48. The zero-order valence-corrected chi connectivity index (χ0v) is 17.6. The van der Waals surface area contributed by atoms with Crippen LogP contribution >= 0.6 is 35.0 Å². The number of hydrogen-bond donors (Lipinski definition) is 1. The Morgan fingerprint density at radius 2 is 1.52 bits per heavy atom. The molecule has 0 aliphatic carbocycles. The quantitative estimate of drug-likeness (QED) is 0.683. The lowest BCUT2D eigenvalue weighted by atomic mass is 10.1. The van der Waals surface area contributed by atoms with E-state index in [9.17, 15) is 9.59 Å². The second-order valence-electron chi connectivity index (χ2n) is 6.06. The van der Waals surface area contributed by atoms with Gasteiger partial charge in [0.2, 0.25) is 11.8 Å². The van der Waals surface area contributed by atoms with Crippen LogP contribution in [0.1, 0.15) is 18.1 Å². The van der Waals surface area contributed by atoms with Crippen molar-refractivity contribution in [1.29, 1.82) is 0 Å². The first kappa shape index (κ1) is 21.6. The van der Waals surface area contributed by atoms with Gasteiger partial charge in [-0.2, -0.15) is 0 Å². The molecule has 7 heteroatoms. The summed E-state index contributed by atoms with van der Waals surface area (Å²) in [5.74, 6) is 0.712. The highest BCUT2D eigenvalue weighted by Crippen LogP contribution is 2.18. The van der Waals surface area contributed by atoms with Gasteiger partial charge in [0, 0.05) is 29.4 Å². The number of halogens is 2. The zero-order chi connectivity index (χ0) is 19.8. The Morgan fingerprint density at radius 3 is 2.04 bits per heavy atom. The van der Waals surface area contributed by atoms with Gasteiger partial charge >= 0.3 is 0 Å². The van der Waals surface area contributed by atoms with Crippen molar-refractivity contribution < 1.29 is 9.59 Å². The van der Waals surface area contributed by atoms with E-state index in [-0.39, 0.29) is 17.6 Å². The summed E-state index contributed by atoms with van der Waals surface area (Å²) in [6, 6.07) is 14.3. The van der Waals surface area contributed by atoms with Crippen LogP contribution in [-0.4, -0.2) is 35.6 Å². The number of carbonyl (C=O) groups excluding carboxylic acids is 2. The summed E-state index contributed by atoms with van der Waals surface area (Å²) in [4.78, 5) is 26.5. The molecule has 0 unspecified atom stereocenters. The lowest BCUT2D eigenvalue weighted by Gasteiger charge is -2.28. The molecule has 0 saturated heterocycles. The van der Waals surface area contributed by atoms with E-state index in [1.54, 1.807) is 31.0 Å². The van der Waals surface area contributed by atoms with Crippen molar-refractivity contribution in [3.8, 4) is 0 Å². The maximum absolute atomic E-state index is 12.8. The zero-order valence-electron chi connectivity index (χ0n) is 15.2. The van der Waals surface area contributed by atoms with E-state index < -0.39 is 6.04 Å². The van der Waals surface area contributed by atoms with Gasteiger partial charge in [-0.25, -0.2) is 0 Å². The van der Waals surface area contributed by atoms with E-state index in [0.717, 1.165) is 11.1 Å². The van der Waals surface area contributed by atoms with E-state index in [0.29, 0.717) is 22.3 Å². The van der Waals surface area contributed by atoms with Gasteiger partial charge in [0.05, 0.1) is 5.75 Å². The molecule has 1 N–H and O–H groups in total. The molecule has 0 bridgehead atoms. The molecular formula is C20H22Cl2N2O2S. The average Bonchev–Trinajstić information content (AvgIpc) is 2.67. The van der Waals surface area contributed by atoms with Crippen LogP contribution in [0.2, 0.25) is 10.0 Å². The van der Waals surface area contributed by atoms with Gasteiger partial charge in [0.25, 0.3) is 0 Å². The average molecular weight is 425 g/mol. The van der Waals surface area contributed by atoms with Gasteiger partial charge in [-0.3, -0.25) is 9.59 Å². The van der Waals surface area contributed by atoms with Gasteiger partial charge < -0.3 is 10.2 Å². The van der Waals surface area contributed by atoms with Crippen LogP contribution in [-0.2, 0) is 21.9 Å². The van der Waals surface area contributed by atoms with Crippen LogP contribution in [0.3, 0.4) is 0 Å². The van der Waals surface area contributed by atoms with Crippen molar-refractivity contribution in [3.63, 3.8) is 0 Å². The Bertz CT molecular complexity index is 767. The molecule has 2 aromatic carbocycles. The summed E-state index contributed by atoms with van der Waals surface area (Å²) in [5.41, 5.74) is 2.02. The summed E-state index contributed by atoms with van der Waals surface area (Å²) in [7, 11) is 1.57. The molecule has 2 aromatic rings. The third kappa shape index (κ3) is 6.76. The summed E-state index contributed by atoms with van der Waals surface area (Å²) < 4.78 is 0. The molecule has 27 heavy (non-hydrogen) atoms. The fraction of sp³-hybridized carbons (Fsp3) is 0.300. The SMILES string of the molecule is CNC(=O)[C@H](C)N(Cc1ccc(Cl)cc1)C(=O)CSCc1ccc(Cl)cc1. The third-order valence-electron chi connectivity index (χ3n) is 4.09. The van der Waals surface area contributed by atoms with Gasteiger partial charge in [-0.15, -0.1) is 11.8 Å². The predicted molar refractivity (Wildman–Crippen MR) is 113 cm³/mol. The molecular weight excluding hydrogens is 403 g/mol. The summed E-state index contributed by atoms with van der Waals surface area (Å²) in [6.07, 6.45) is 0. The number of nitrogens with zero attached hydrogens (tertiary/aromatic N) is 1. The molecule has 2 rings (SSSR count). The smallest absolute Gasteiger partial charge is 0.242 e. The molecule has 0 saturated carbocycles. The van der Waals surface area contributed by atoms with E-state index in [4.69, 9.17) is 23.2 Å². The fourth-order valence-corrected chi connectivity index (χ4v) is 3.62. The largest absolute Gasteiger partial charge is 0.357 e. The predicted octanol–water partition coefficient (Wildman–Crippen LogP) is 4.39. The van der Waals surface area contributed by atoms with E-state index in [1.807, 2.05) is 36.4 Å². The van der Waals surface area contributed by atoms with Crippen molar-refractivity contribution in [3.05, 3.63) is 69.7 Å². The number of nitrogens with one attached hydrogen (secondary N) is 1. The molecule has 2 amide bonds. The number of amides is 2. The Hall–Kier alpha value is -1.69. The molecule has 0 spiro atoms. The van der Waals surface area contributed by atoms with Gasteiger partial charge in [0.15, 0.2) is 0 Å². The van der Waals surface area contributed by atoms with Crippen LogP contribution in [0.4, 0.5) is 0 Å². The Balaban J connectivity index is 2.02. The van der Waals surface area contributed by atoms with Crippen molar-refractivity contribution in [1.82, 2.24) is 10.2 Å². The van der Waals surface area contributed by atoms with Crippen LogP contribution in [0.5, 0.6) is 0 Å². The van der Waals surface area contributed by atoms with Gasteiger partial charge in [-0.05, 0) is 42.3 Å². The molecule has 144 valence electrons. The second kappa shape index (κ2) is 10.6. The number of thioether (sulfide) groups is 1. The van der Waals surface area contributed by atoms with Crippen molar-refractivity contribution >= 4 is 46.8 Å². The van der Waals surface area contributed by atoms with Crippen molar-refractivity contribution in [2.75, 3.05) is 12.8 Å². The van der Waals surface area contributed by atoms with Crippen LogP contribution in [0, 0.1) is 0 Å². The summed E-state index contributed by atoms with van der Waals surface area (Å²) >= 11 is 13.3. The van der Waals surface area contributed by atoms with Crippen LogP contribution < -0.4 is 5.32 Å². The summed E-state index contributed by atoms with van der Waals surface area (Å²) in [5, 5.41) is 3.93. The molecule has 0 aliphatic rings.